The summed E-state index contributed by atoms with van der Waals surface area (Å²) in [6, 6.07) is 23.2. The number of carbonyl (C=O) groups is 1. The van der Waals surface area contributed by atoms with E-state index in [2.05, 4.69) is 32.5 Å². The van der Waals surface area contributed by atoms with Crippen LogP contribution in [-0.4, -0.2) is 16.2 Å². The number of nitrogens with zero attached hydrogens (tertiary/aromatic N) is 1. The monoisotopic (exact) mass is 558 g/mol. The van der Waals surface area contributed by atoms with Gasteiger partial charge in [0.25, 0.3) is 0 Å². The SMILES string of the molecule is Cc1cc(Br)ccc1C(NC(=O)Cc1ccc2oc(C(O)c3c(C)noc3C)cc2c1)c1ccccc1. The first-order chi connectivity index (χ1) is 17.8. The molecule has 0 fully saturated rings. The van der Waals surface area contributed by atoms with Crippen LogP contribution in [-0.2, 0) is 11.2 Å². The van der Waals surface area contributed by atoms with Crippen LogP contribution >= 0.6 is 15.9 Å². The van der Waals surface area contributed by atoms with Gasteiger partial charge in [0.15, 0.2) is 0 Å². The molecule has 0 saturated heterocycles. The third-order valence-electron chi connectivity index (χ3n) is 6.58. The molecule has 3 aromatic carbocycles. The van der Waals surface area contributed by atoms with E-state index in [1.807, 2.05) is 67.6 Å². The molecule has 2 N–H and O–H groups in total. The molecular weight excluding hydrogens is 532 g/mol. The van der Waals surface area contributed by atoms with Crippen LogP contribution in [0.5, 0.6) is 0 Å². The van der Waals surface area contributed by atoms with Crippen LogP contribution in [0.25, 0.3) is 11.0 Å². The Morgan fingerprint density at radius 3 is 2.51 bits per heavy atom. The molecule has 0 saturated carbocycles. The van der Waals surface area contributed by atoms with Crippen molar-refractivity contribution in [1.29, 1.82) is 0 Å². The van der Waals surface area contributed by atoms with Gasteiger partial charge in [0, 0.05) is 9.86 Å². The number of amides is 1. The number of aliphatic hydroxyl groups is 1. The maximum Gasteiger partial charge on any atom is 0.225 e. The Kier molecular flexibility index (Phi) is 7.00. The van der Waals surface area contributed by atoms with E-state index in [4.69, 9.17) is 8.94 Å². The first-order valence-electron chi connectivity index (χ1n) is 12.0. The first kappa shape index (κ1) is 25.0. The van der Waals surface area contributed by atoms with Gasteiger partial charge in [0.2, 0.25) is 5.91 Å². The van der Waals surface area contributed by atoms with Crippen LogP contribution in [0.2, 0.25) is 0 Å². The number of hydrogen-bond donors (Lipinski definition) is 2. The fourth-order valence-corrected chi connectivity index (χ4v) is 5.20. The molecule has 0 radical (unpaired) electrons. The highest BCUT2D eigenvalue weighted by Gasteiger charge is 2.24. The molecule has 0 bridgehead atoms. The van der Waals surface area contributed by atoms with E-state index in [0.717, 1.165) is 32.1 Å². The Labute approximate surface area is 223 Å². The maximum atomic E-state index is 13.2. The Morgan fingerprint density at radius 2 is 1.81 bits per heavy atom. The number of hydrogen-bond acceptors (Lipinski definition) is 5. The van der Waals surface area contributed by atoms with E-state index in [1.165, 1.54) is 0 Å². The minimum Gasteiger partial charge on any atom is -0.458 e. The van der Waals surface area contributed by atoms with E-state index in [-0.39, 0.29) is 18.4 Å². The minimum atomic E-state index is -0.980. The molecule has 2 heterocycles. The average Bonchev–Trinajstić information content (AvgIpc) is 3.45. The number of fused-ring (bicyclic) bond motifs is 1. The van der Waals surface area contributed by atoms with Crippen molar-refractivity contribution in [2.45, 2.75) is 39.3 Å². The van der Waals surface area contributed by atoms with Gasteiger partial charge >= 0.3 is 0 Å². The predicted octanol–water partition coefficient (Wildman–Crippen LogP) is 6.64. The third-order valence-corrected chi connectivity index (χ3v) is 7.07. The van der Waals surface area contributed by atoms with Crippen LogP contribution in [0.3, 0.4) is 0 Å². The zero-order valence-electron chi connectivity index (χ0n) is 20.8. The summed E-state index contributed by atoms with van der Waals surface area (Å²) in [5.41, 5.74) is 5.87. The van der Waals surface area contributed by atoms with Crippen molar-refractivity contribution in [3.8, 4) is 0 Å². The number of aliphatic hydroxyl groups excluding tert-OH is 1. The highest BCUT2D eigenvalue weighted by molar-refractivity contribution is 9.10. The number of nitrogens with one attached hydrogen (secondary N) is 1. The predicted molar refractivity (Wildman–Crippen MR) is 145 cm³/mol. The minimum absolute atomic E-state index is 0.0880. The molecule has 37 heavy (non-hydrogen) atoms. The molecule has 7 heteroatoms. The van der Waals surface area contributed by atoms with Crippen molar-refractivity contribution in [3.63, 3.8) is 0 Å². The molecule has 2 aromatic heterocycles. The Morgan fingerprint density at radius 1 is 1.03 bits per heavy atom. The molecule has 5 rings (SSSR count). The number of furan rings is 1. The Bertz CT molecular complexity index is 1550. The lowest BCUT2D eigenvalue weighted by Gasteiger charge is -2.22. The molecule has 188 valence electrons. The molecule has 0 aliphatic heterocycles. The van der Waals surface area contributed by atoms with Crippen molar-refractivity contribution in [1.82, 2.24) is 10.5 Å². The summed E-state index contributed by atoms with van der Waals surface area (Å²) in [5, 5.41) is 18.8. The number of rotatable bonds is 7. The van der Waals surface area contributed by atoms with Gasteiger partial charge in [-0.1, -0.05) is 63.6 Å². The fraction of sp³-hybridized carbons (Fsp3) is 0.200. The van der Waals surface area contributed by atoms with Crippen LogP contribution in [0.15, 0.2) is 86.2 Å². The zero-order chi connectivity index (χ0) is 26.1. The van der Waals surface area contributed by atoms with E-state index in [1.54, 1.807) is 19.9 Å². The van der Waals surface area contributed by atoms with Gasteiger partial charge < -0.3 is 19.4 Å². The molecule has 0 spiro atoms. The summed E-state index contributed by atoms with van der Waals surface area (Å²) in [6.45, 7) is 5.59. The molecular formula is C30H27BrN2O4. The molecule has 0 aliphatic carbocycles. The number of halogens is 1. The smallest absolute Gasteiger partial charge is 0.225 e. The van der Waals surface area contributed by atoms with Gasteiger partial charge in [-0.15, -0.1) is 0 Å². The lowest BCUT2D eigenvalue weighted by Crippen LogP contribution is -2.31. The van der Waals surface area contributed by atoms with Crippen LogP contribution < -0.4 is 5.32 Å². The summed E-state index contributed by atoms with van der Waals surface area (Å²) in [7, 11) is 0. The standard InChI is InChI=1S/C30H27BrN2O4/c1-17-13-23(31)10-11-24(17)29(21-7-5-4-6-8-21)32-27(34)15-20-9-12-25-22(14-20)16-26(36-25)30(35)28-18(2)33-37-19(28)3/h4-14,16,29-30,35H,15H2,1-3H3,(H,32,34). The van der Waals surface area contributed by atoms with E-state index in [0.29, 0.717) is 28.4 Å². The molecule has 2 unspecified atom stereocenters. The van der Waals surface area contributed by atoms with Gasteiger partial charge in [-0.3, -0.25) is 4.79 Å². The lowest BCUT2D eigenvalue weighted by atomic mass is 9.94. The lowest BCUT2D eigenvalue weighted by molar-refractivity contribution is -0.120. The summed E-state index contributed by atoms with van der Waals surface area (Å²) in [5.74, 6) is 0.868. The molecule has 1 amide bonds. The maximum absolute atomic E-state index is 13.2. The summed E-state index contributed by atoms with van der Waals surface area (Å²) in [6.07, 6.45) is -0.770. The van der Waals surface area contributed by atoms with Crippen LogP contribution in [0.1, 0.15) is 57.2 Å². The topological polar surface area (TPSA) is 88.5 Å². The van der Waals surface area contributed by atoms with Crippen LogP contribution in [0.4, 0.5) is 0 Å². The van der Waals surface area contributed by atoms with E-state index >= 15 is 0 Å². The van der Waals surface area contributed by atoms with E-state index in [9.17, 15) is 9.90 Å². The average molecular weight is 559 g/mol. The zero-order valence-corrected chi connectivity index (χ0v) is 22.4. The van der Waals surface area contributed by atoms with Crippen molar-refractivity contribution in [2.24, 2.45) is 0 Å². The number of benzene rings is 3. The highest BCUT2D eigenvalue weighted by Crippen LogP contribution is 2.32. The van der Waals surface area contributed by atoms with Gasteiger partial charge in [-0.25, -0.2) is 0 Å². The third kappa shape index (κ3) is 5.24. The fourth-order valence-electron chi connectivity index (χ4n) is 4.73. The highest BCUT2D eigenvalue weighted by atomic mass is 79.9. The quantitative estimate of drug-likeness (QED) is 0.234. The van der Waals surface area contributed by atoms with Gasteiger partial charge in [-0.2, -0.15) is 0 Å². The normalized spacial score (nSPS) is 13.0. The molecule has 2 atom stereocenters. The number of aromatic nitrogens is 1. The second kappa shape index (κ2) is 10.4. The number of carbonyl (C=O) groups excluding carboxylic acids is 1. The second-order valence-electron chi connectivity index (χ2n) is 9.25. The van der Waals surface area contributed by atoms with Crippen LogP contribution in [0, 0.1) is 20.8 Å². The second-order valence-corrected chi connectivity index (χ2v) is 10.2. The van der Waals surface area contributed by atoms with Crippen molar-refractivity contribution >= 4 is 32.8 Å². The summed E-state index contributed by atoms with van der Waals surface area (Å²) in [4.78, 5) is 13.2. The van der Waals surface area contributed by atoms with Gasteiger partial charge in [0.05, 0.1) is 23.7 Å². The van der Waals surface area contributed by atoms with Crippen molar-refractivity contribution in [3.05, 3.63) is 122 Å². The first-order valence-corrected chi connectivity index (χ1v) is 12.8. The molecule has 6 nitrogen and oxygen atoms in total. The Hall–Kier alpha value is -3.68. The molecule has 0 aliphatic rings. The van der Waals surface area contributed by atoms with Gasteiger partial charge in [-0.05, 0) is 73.4 Å². The molecule has 5 aromatic rings. The number of aryl methyl sites for hydroxylation is 3. The van der Waals surface area contributed by atoms with Crippen molar-refractivity contribution in [2.75, 3.05) is 0 Å². The van der Waals surface area contributed by atoms with Crippen molar-refractivity contribution < 1.29 is 18.8 Å². The van der Waals surface area contributed by atoms with E-state index < -0.39 is 6.10 Å². The largest absolute Gasteiger partial charge is 0.458 e. The summed E-state index contributed by atoms with van der Waals surface area (Å²) >= 11 is 3.53. The summed E-state index contributed by atoms with van der Waals surface area (Å²) < 4.78 is 12.1. The Balaban J connectivity index is 1.37. The van der Waals surface area contributed by atoms with Gasteiger partial charge in [0.1, 0.15) is 23.2 Å².